The molecule has 32 heavy (non-hydrogen) atoms. The molecule has 1 aliphatic rings. The lowest BCUT2D eigenvalue weighted by Crippen LogP contribution is -2.44. The molecule has 0 unspecified atom stereocenters. The van der Waals surface area contributed by atoms with Crippen LogP contribution in [0.2, 0.25) is 0 Å². The zero-order valence-electron chi connectivity index (χ0n) is 17.4. The van der Waals surface area contributed by atoms with Crippen molar-refractivity contribution in [3.05, 3.63) is 60.2 Å². The van der Waals surface area contributed by atoms with Crippen molar-refractivity contribution in [3.8, 4) is 0 Å². The Bertz CT molecular complexity index is 1080. The number of aromatic nitrogens is 2. The van der Waals surface area contributed by atoms with Crippen molar-refractivity contribution < 1.29 is 18.4 Å². The monoisotopic (exact) mass is 458 g/mol. The van der Waals surface area contributed by atoms with E-state index in [0.717, 1.165) is 5.56 Å². The van der Waals surface area contributed by atoms with Gasteiger partial charge in [0.25, 0.3) is 5.76 Å². The number of likely N-dealkylation sites (tertiary alicyclic amines) is 1. The van der Waals surface area contributed by atoms with Gasteiger partial charge in [0.15, 0.2) is 5.16 Å². The summed E-state index contributed by atoms with van der Waals surface area (Å²) in [6, 6.07) is 16.8. The Morgan fingerprint density at radius 1 is 1.06 bits per heavy atom. The minimum atomic E-state index is -2.62. The Kier molecular flexibility index (Phi) is 7.04. The van der Waals surface area contributed by atoms with Gasteiger partial charge in [-0.25, -0.2) is 4.98 Å². The van der Waals surface area contributed by atoms with E-state index in [4.69, 9.17) is 0 Å². The lowest BCUT2D eigenvalue weighted by Gasteiger charge is -2.31. The summed E-state index contributed by atoms with van der Waals surface area (Å²) in [6.07, 6.45) is 1.16. The summed E-state index contributed by atoms with van der Waals surface area (Å²) in [5.74, 6) is -2.92. The van der Waals surface area contributed by atoms with Crippen molar-refractivity contribution in [2.75, 3.05) is 13.1 Å². The molecule has 0 spiro atoms. The molecule has 9 heteroatoms. The van der Waals surface area contributed by atoms with Crippen LogP contribution in [0.25, 0.3) is 11.0 Å². The molecule has 2 amide bonds. The molecule has 6 nitrogen and oxygen atoms in total. The fourth-order valence-electron chi connectivity index (χ4n) is 3.93. The van der Waals surface area contributed by atoms with E-state index in [0.29, 0.717) is 55.3 Å². The van der Waals surface area contributed by atoms with E-state index < -0.39 is 5.76 Å². The van der Waals surface area contributed by atoms with E-state index in [-0.39, 0.29) is 29.4 Å². The predicted molar refractivity (Wildman–Crippen MR) is 119 cm³/mol. The number of carbonyl (C=O) groups excluding carboxylic acids is 2. The first-order valence-corrected chi connectivity index (χ1v) is 11.4. The molecule has 3 aromatic rings. The zero-order valence-corrected chi connectivity index (χ0v) is 18.2. The number of benzene rings is 2. The topological polar surface area (TPSA) is 67.2 Å². The molecular weight excluding hydrogens is 434 g/mol. The smallest absolute Gasteiger partial charge is 0.291 e. The first-order valence-electron chi connectivity index (χ1n) is 10.5. The molecule has 1 N–H and O–H groups in total. The quantitative estimate of drug-likeness (QED) is 0.546. The molecule has 0 radical (unpaired) electrons. The van der Waals surface area contributed by atoms with Gasteiger partial charge in [0.1, 0.15) is 6.54 Å². The highest BCUT2D eigenvalue weighted by Crippen LogP contribution is 2.29. The first kappa shape index (κ1) is 22.3. The third-order valence-corrected chi connectivity index (χ3v) is 6.34. The number of nitrogens with one attached hydrogen (secondary N) is 1. The largest absolute Gasteiger partial charge is 0.352 e. The highest BCUT2D eigenvalue weighted by atomic mass is 32.2. The van der Waals surface area contributed by atoms with Crippen LogP contribution in [0, 0.1) is 5.92 Å². The van der Waals surface area contributed by atoms with Gasteiger partial charge < -0.3 is 14.8 Å². The summed E-state index contributed by atoms with van der Waals surface area (Å²) in [5.41, 5.74) is 2.27. The Labute approximate surface area is 189 Å². The lowest BCUT2D eigenvalue weighted by atomic mass is 9.95. The molecule has 168 valence electrons. The fourth-order valence-corrected chi connectivity index (χ4v) is 4.53. The third-order valence-electron chi connectivity index (χ3n) is 5.64. The average molecular weight is 459 g/mol. The van der Waals surface area contributed by atoms with Gasteiger partial charge in [0.2, 0.25) is 11.8 Å². The van der Waals surface area contributed by atoms with Crippen LogP contribution < -0.4 is 5.32 Å². The van der Waals surface area contributed by atoms with Crippen LogP contribution in [0.1, 0.15) is 18.4 Å². The van der Waals surface area contributed by atoms with Gasteiger partial charge in [-0.3, -0.25) is 9.59 Å². The molecule has 0 bridgehead atoms. The van der Waals surface area contributed by atoms with Crippen LogP contribution in [0.15, 0.2) is 59.8 Å². The predicted octanol–water partition coefficient (Wildman–Crippen LogP) is 3.91. The van der Waals surface area contributed by atoms with E-state index >= 15 is 0 Å². The molecule has 1 saturated heterocycles. The number of hydrogen-bond donors (Lipinski definition) is 1. The number of hydrogen-bond acceptors (Lipinski definition) is 4. The van der Waals surface area contributed by atoms with E-state index in [1.807, 2.05) is 30.3 Å². The second-order valence-electron chi connectivity index (χ2n) is 7.71. The molecule has 0 aliphatic carbocycles. The van der Waals surface area contributed by atoms with E-state index in [1.54, 1.807) is 33.7 Å². The second-order valence-corrected chi connectivity index (χ2v) is 8.66. The van der Waals surface area contributed by atoms with Gasteiger partial charge in [0.05, 0.1) is 11.0 Å². The number of imidazole rings is 1. The highest BCUT2D eigenvalue weighted by Gasteiger charge is 2.28. The van der Waals surface area contributed by atoms with Gasteiger partial charge in [-0.1, -0.05) is 42.5 Å². The van der Waals surface area contributed by atoms with Crippen LogP contribution in [0.4, 0.5) is 8.78 Å². The normalized spacial score (nSPS) is 14.8. The first-order chi connectivity index (χ1) is 15.5. The zero-order chi connectivity index (χ0) is 22.5. The molecule has 1 aromatic heterocycles. The van der Waals surface area contributed by atoms with Crippen LogP contribution >= 0.6 is 11.8 Å². The highest BCUT2D eigenvalue weighted by molar-refractivity contribution is 7.99. The van der Waals surface area contributed by atoms with Crippen LogP contribution in [-0.2, 0) is 22.7 Å². The molecule has 1 fully saturated rings. The number of fused-ring (bicyclic) bond motifs is 1. The Morgan fingerprint density at radius 2 is 1.75 bits per heavy atom. The molecule has 1 aliphatic heterocycles. The van der Waals surface area contributed by atoms with Gasteiger partial charge in [-0.2, -0.15) is 8.78 Å². The average Bonchev–Trinajstić information content (AvgIpc) is 3.14. The number of halogens is 2. The van der Waals surface area contributed by atoms with Gasteiger partial charge in [-0.15, -0.1) is 0 Å². The molecule has 4 rings (SSSR count). The number of para-hydroxylation sites is 2. The number of nitrogens with zero attached hydrogens (tertiary/aromatic N) is 3. The third kappa shape index (κ3) is 5.27. The number of amides is 2. The standard InChI is InChI=1S/C23H24F2N4O2S/c24-22(25)32-23-27-18-8-4-5-9-19(18)29(23)15-20(30)28-12-10-17(11-13-28)21(31)26-14-16-6-2-1-3-7-16/h1-9,17,22H,10-15H2,(H,26,31). The van der Waals surface area contributed by atoms with Crippen molar-refractivity contribution in [1.29, 1.82) is 0 Å². The fraction of sp³-hybridized carbons (Fsp3) is 0.348. The summed E-state index contributed by atoms with van der Waals surface area (Å²) in [7, 11) is 0. The van der Waals surface area contributed by atoms with E-state index in [1.165, 1.54) is 0 Å². The number of rotatable bonds is 7. The maximum absolute atomic E-state index is 13.0. The van der Waals surface area contributed by atoms with Crippen LogP contribution in [0.5, 0.6) is 0 Å². The Hall–Kier alpha value is -2.94. The summed E-state index contributed by atoms with van der Waals surface area (Å²) in [5, 5.41) is 3.10. The van der Waals surface area contributed by atoms with Crippen LogP contribution in [0.3, 0.4) is 0 Å². The van der Waals surface area contributed by atoms with Crippen molar-refractivity contribution in [2.45, 2.75) is 36.8 Å². The number of thioether (sulfide) groups is 1. The number of carbonyl (C=O) groups is 2. The van der Waals surface area contributed by atoms with Crippen molar-refractivity contribution in [1.82, 2.24) is 19.8 Å². The second kappa shape index (κ2) is 10.1. The van der Waals surface area contributed by atoms with E-state index in [9.17, 15) is 18.4 Å². The summed E-state index contributed by atoms with van der Waals surface area (Å²) >= 11 is 0.342. The van der Waals surface area contributed by atoms with Crippen LogP contribution in [-0.4, -0.2) is 45.1 Å². The van der Waals surface area contributed by atoms with Gasteiger partial charge in [0, 0.05) is 25.6 Å². The van der Waals surface area contributed by atoms with Crippen molar-refractivity contribution >= 4 is 34.6 Å². The van der Waals surface area contributed by atoms with Crippen molar-refractivity contribution in [3.63, 3.8) is 0 Å². The van der Waals surface area contributed by atoms with Crippen molar-refractivity contribution in [2.24, 2.45) is 5.92 Å². The lowest BCUT2D eigenvalue weighted by molar-refractivity contribution is -0.136. The molecule has 0 atom stereocenters. The molecule has 2 aromatic carbocycles. The number of piperidine rings is 1. The summed E-state index contributed by atoms with van der Waals surface area (Å²) in [4.78, 5) is 31.4. The minimum Gasteiger partial charge on any atom is -0.352 e. The Morgan fingerprint density at radius 3 is 2.47 bits per heavy atom. The molecule has 0 saturated carbocycles. The van der Waals surface area contributed by atoms with Gasteiger partial charge in [-0.05, 0) is 42.3 Å². The van der Waals surface area contributed by atoms with Gasteiger partial charge >= 0.3 is 0 Å². The summed E-state index contributed by atoms with van der Waals surface area (Å²) < 4.78 is 27.5. The Balaban J connectivity index is 1.34. The molecule has 2 heterocycles. The van der Waals surface area contributed by atoms with E-state index in [2.05, 4.69) is 10.3 Å². The minimum absolute atomic E-state index is 0.00262. The SMILES string of the molecule is O=C(NCc1ccccc1)C1CCN(C(=O)Cn2c(SC(F)F)nc3ccccc32)CC1. The molecular formula is C23H24F2N4O2S. The summed E-state index contributed by atoms with van der Waals surface area (Å²) in [6.45, 7) is 1.36. The maximum atomic E-state index is 13.0. The maximum Gasteiger partial charge on any atom is 0.291 e. The number of alkyl halides is 2.